The molecule has 1 heterocycles. The van der Waals surface area contributed by atoms with Crippen molar-refractivity contribution in [2.75, 3.05) is 7.11 Å². The van der Waals surface area contributed by atoms with Crippen LogP contribution in [0.2, 0.25) is 0 Å². The predicted molar refractivity (Wildman–Crippen MR) is 134 cm³/mol. The fraction of sp³-hybridized carbons (Fsp3) is 0.154. The zero-order valence-electron chi connectivity index (χ0n) is 18.2. The molecule has 0 spiro atoms. The van der Waals surface area contributed by atoms with E-state index in [0.29, 0.717) is 23.0 Å². The molecule has 33 heavy (non-hydrogen) atoms. The van der Waals surface area contributed by atoms with E-state index in [1.807, 2.05) is 67.6 Å². The van der Waals surface area contributed by atoms with Crippen molar-refractivity contribution in [3.63, 3.8) is 0 Å². The number of nitrogens with zero attached hydrogens (tertiary/aromatic N) is 1. The second-order valence-corrected chi connectivity index (χ2v) is 9.39. The summed E-state index contributed by atoms with van der Waals surface area (Å²) in [6.07, 6.45) is 1.71. The molecule has 0 atom stereocenters. The number of methoxy groups -OCH3 is 1. The molecule has 1 aliphatic rings. The Balaban J connectivity index is 1.49. The second-order valence-electron chi connectivity index (χ2n) is 7.54. The predicted octanol–water partition coefficient (Wildman–Crippen LogP) is 6.58. The number of aryl methyl sites for hydroxylation is 1. The number of hydrogen-bond donors (Lipinski definition) is 0. The van der Waals surface area contributed by atoms with Gasteiger partial charge in [0.25, 0.3) is 11.1 Å². The first-order valence-corrected chi connectivity index (χ1v) is 11.9. The van der Waals surface area contributed by atoms with Crippen molar-refractivity contribution >= 4 is 44.9 Å². The lowest BCUT2D eigenvalue weighted by Crippen LogP contribution is -2.27. The van der Waals surface area contributed by atoms with Crippen molar-refractivity contribution in [1.29, 1.82) is 0 Å². The molecule has 2 amide bonds. The molecular formula is C26H22BrNO4S. The van der Waals surface area contributed by atoms with Gasteiger partial charge >= 0.3 is 0 Å². The van der Waals surface area contributed by atoms with Crippen LogP contribution in [0, 0.1) is 6.92 Å². The average molecular weight is 524 g/mol. The topological polar surface area (TPSA) is 55.8 Å². The van der Waals surface area contributed by atoms with Crippen molar-refractivity contribution in [2.45, 2.75) is 20.1 Å². The second kappa shape index (κ2) is 10.3. The number of halogens is 1. The standard InChI is InChI=1S/C26H22BrNO4S/c1-17-7-9-18(10-8-17)16-32-22-12-11-19(13-23(22)31-2)14-24-25(29)28(26(30)33-24)15-20-5-3-4-6-21(20)27/h3-14H,15-16H2,1-2H3/b24-14-. The molecule has 1 saturated heterocycles. The monoisotopic (exact) mass is 523 g/mol. The first-order chi connectivity index (χ1) is 15.9. The molecule has 4 rings (SSSR count). The Morgan fingerprint density at radius 2 is 1.76 bits per heavy atom. The maximum Gasteiger partial charge on any atom is 0.293 e. The number of rotatable bonds is 7. The lowest BCUT2D eigenvalue weighted by Gasteiger charge is -2.13. The summed E-state index contributed by atoms with van der Waals surface area (Å²) < 4.78 is 12.3. The fourth-order valence-electron chi connectivity index (χ4n) is 3.32. The van der Waals surface area contributed by atoms with Crippen LogP contribution in [0.25, 0.3) is 6.08 Å². The zero-order chi connectivity index (χ0) is 23.4. The Morgan fingerprint density at radius 3 is 2.48 bits per heavy atom. The van der Waals surface area contributed by atoms with Gasteiger partial charge in [-0.1, -0.05) is 70.0 Å². The van der Waals surface area contributed by atoms with Crippen molar-refractivity contribution in [2.24, 2.45) is 0 Å². The minimum absolute atomic E-state index is 0.221. The largest absolute Gasteiger partial charge is 0.493 e. The SMILES string of the molecule is COc1cc(/C=C2\SC(=O)N(Cc3ccccc3Br)C2=O)ccc1OCc1ccc(C)cc1. The van der Waals surface area contributed by atoms with Crippen molar-refractivity contribution in [3.05, 3.63) is 98.4 Å². The number of carbonyl (C=O) groups is 2. The first-order valence-electron chi connectivity index (χ1n) is 10.3. The normalized spacial score (nSPS) is 14.8. The van der Waals surface area contributed by atoms with E-state index in [-0.39, 0.29) is 17.7 Å². The Morgan fingerprint density at radius 1 is 1.00 bits per heavy atom. The summed E-state index contributed by atoms with van der Waals surface area (Å²) in [4.78, 5) is 27.0. The molecule has 0 aromatic heterocycles. The number of ether oxygens (including phenoxy) is 2. The van der Waals surface area contributed by atoms with E-state index in [2.05, 4.69) is 15.9 Å². The van der Waals surface area contributed by atoms with Crippen LogP contribution in [0.4, 0.5) is 4.79 Å². The van der Waals surface area contributed by atoms with Gasteiger partial charge in [-0.3, -0.25) is 14.5 Å². The van der Waals surface area contributed by atoms with Gasteiger partial charge in [0.1, 0.15) is 6.61 Å². The molecule has 0 bridgehead atoms. The molecule has 3 aromatic rings. The molecule has 7 heteroatoms. The summed E-state index contributed by atoms with van der Waals surface area (Å²) in [5.41, 5.74) is 3.88. The number of hydrogen-bond acceptors (Lipinski definition) is 5. The average Bonchev–Trinajstić information content (AvgIpc) is 3.07. The van der Waals surface area contributed by atoms with E-state index in [4.69, 9.17) is 9.47 Å². The van der Waals surface area contributed by atoms with E-state index >= 15 is 0 Å². The highest BCUT2D eigenvalue weighted by Crippen LogP contribution is 2.36. The quantitative estimate of drug-likeness (QED) is 0.327. The van der Waals surface area contributed by atoms with Gasteiger partial charge in [0, 0.05) is 4.47 Å². The van der Waals surface area contributed by atoms with Crippen LogP contribution < -0.4 is 9.47 Å². The van der Waals surface area contributed by atoms with Gasteiger partial charge in [-0.15, -0.1) is 0 Å². The Hall–Kier alpha value is -3.03. The maximum atomic E-state index is 12.9. The van der Waals surface area contributed by atoms with Crippen LogP contribution in [0.5, 0.6) is 11.5 Å². The number of imide groups is 1. The number of amides is 2. The van der Waals surface area contributed by atoms with Crippen LogP contribution in [0.15, 0.2) is 76.1 Å². The van der Waals surface area contributed by atoms with Crippen LogP contribution in [0.3, 0.4) is 0 Å². The molecule has 0 radical (unpaired) electrons. The molecule has 1 aliphatic heterocycles. The number of benzene rings is 3. The van der Waals surface area contributed by atoms with Crippen LogP contribution in [-0.2, 0) is 17.9 Å². The highest BCUT2D eigenvalue weighted by Gasteiger charge is 2.35. The van der Waals surface area contributed by atoms with Crippen molar-refractivity contribution in [1.82, 2.24) is 4.90 Å². The third kappa shape index (κ3) is 5.49. The molecular weight excluding hydrogens is 502 g/mol. The van der Waals surface area contributed by atoms with E-state index in [0.717, 1.165) is 32.9 Å². The summed E-state index contributed by atoms with van der Waals surface area (Å²) in [6.45, 7) is 2.68. The lowest BCUT2D eigenvalue weighted by atomic mass is 10.1. The van der Waals surface area contributed by atoms with Crippen LogP contribution >= 0.6 is 27.7 Å². The van der Waals surface area contributed by atoms with Gasteiger partial charge in [-0.2, -0.15) is 0 Å². The van der Waals surface area contributed by atoms with Gasteiger partial charge in [-0.05, 0) is 59.7 Å². The molecule has 0 N–H and O–H groups in total. The van der Waals surface area contributed by atoms with E-state index in [9.17, 15) is 9.59 Å². The van der Waals surface area contributed by atoms with Gasteiger partial charge in [0.2, 0.25) is 0 Å². The van der Waals surface area contributed by atoms with Crippen LogP contribution in [-0.4, -0.2) is 23.2 Å². The summed E-state index contributed by atoms with van der Waals surface area (Å²) in [5.74, 6) is 0.861. The smallest absolute Gasteiger partial charge is 0.293 e. The van der Waals surface area contributed by atoms with E-state index < -0.39 is 0 Å². The first kappa shape index (κ1) is 23.1. The number of carbonyl (C=O) groups excluding carboxylic acids is 2. The molecule has 1 fully saturated rings. The van der Waals surface area contributed by atoms with Gasteiger partial charge in [-0.25, -0.2) is 0 Å². The van der Waals surface area contributed by atoms with E-state index in [1.165, 1.54) is 10.5 Å². The third-order valence-corrected chi connectivity index (χ3v) is 6.84. The van der Waals surface area contributed by atoms with Crippen LogP contribution in [0.1, 0.15) is 22.3 Å². The summed E-state index contributed by atoms with van der Waals surface area (Å²) in [5, 5.41) is -0.285. The van der Waals surface area contributed by atoms with E-state index in [1.54, 1.807) is 19.3 Å². The molecule has 3 aromatic carbocycles. The molecule has 0 unspecified atom stereocenters. The third-order valence-electron chi connectivity index (χ3n) is 5.16. The molecule has 0 aliphatic carbocycles. The summed E-state index contributed by atoms with van der Waals surface area (Å²) in [6, 6.07) is 21.1. The van der Waals surface area contributed by atoms with Gasteiger partial charge in [0.05, 0.1) is 18.6 Å². The summed E-state index contributed by atoms with van der Waals surface area (Å²) >= 11 is 4.41. The lowest BCUT2D eigenvalue weighted by molar-refractivity contribution is -0.123. The minimum Gasteiger partial charge on any atom is -0.493 e. The number of thioether (sulfide) groups is 1. The Kier molecular flexibility index (Phi) is 7.20. The highest BCUT2D eigenvalue weighted by molar-refractivity contribution is 9.10. The summed E-state index contributed by atoms with van der Waals surface area (Å²) in [7, 11) is 1.57. The molecule has 168 valence electrons. The van der Waals surface area contributed by atoms with Gasteiger partial charge in [0.15, 0.2) is 11.5 Å². The highest BCUT2D eigenvalue weighted by atomic mass is 79.9. The fourth-order valence-corrected chi connectivity index (χ4v) is 4.57. The van der Waals surface area contributed by atoms with Crippen molar-refractivity contribution < 1.29 is 19.1 Å². The van der Waals surface area contributed by atoms with Gasteiger partial charge < -0.3 is 9.47 Å². The zero-order valence-corrected chi connectivity index (χ0v) is 20.6. The maximum absolute atomic E-state index is 12.9. The minimum atomic E-state index is -0.306. The molecule has 0 saturated carbocycles. The Labute approximate surface area is 205 Å². The van der Waals surface area contributed by atoms with Crippen molar-refractivity contribution in [3.8, 4) is 11.5 Å². The Bertz CT molecular complexity index is 1220. The molecule has 5 nitrogen and oxygen atoms in total.